The van der Waals surface area contributed by atoms with Crippen molar-refractivity contribution >= 4 is 23.0 Å². The summed E-state index contributed by atoms with van der Waals surface area (Å²) in [5.41, 5.74) is 6.12. The molecule has 1 amide bonds. The second kappa shape index (κ2) is 12.8. The van der Waals surface area contributed by atoms with Crippen LogP contribution in [0.5, 0.6) is 5.75 Å². The first kappa shape index (κ1) is 30.6. The number of carbonyl (C=O) groups excluding carboxylic acids is 1. The first-order valence-electron chi connectivity index (χ1n) is 15.0. The number of allylic oxidation sites excluding steroid dienone is 3. The predicted molar refractivity (Wildman–Crippen MR) is 164 cm³/mol. The number of aryl methyl sites for hydroxylation is 1. The van der Waals surface area contributed by atoms with Crippen LogP contribution in [0.2, 0.25) is 0 Å². The van der Waals surface area contributed by atoms with E-state index >= 15 is 0 Å². The summed E-state index contributed by atoms with van der Waals surface area (Å²) in [4.78, 5) is 17.5. The van der Waals surface area contributed by atoms with Gasteiger partial charge in [-0.1, -0.05) is 38.1 Å². The zero-order valence-electron chi connectivity index (χ0n) is 25.2. The molecule has 0 bridgehead atoms. The maximum absolute atomic E-state index is 14.5. The van der Waals surface area contributed by atoms with Crippen LogP contribution in [0, 0.1) is 18.7 Å². The van der Waals surface area contributed by atoms with E-state index < -0.39 is 11.7 Å². The number of amides is 1. The zero-order valence-corrected chi connectivity index (χ0v) is 25.2. The standard InChI is InChI=1S/C34H39F3N4O2/c1-5-34(36,37)14-15-38-29-20-26(18-23-7-13-32(43-4)28(35)19-23)40-41-30(29)12-6-21(2)16-31(41)24-8-11-27(22(3)17-24)33(42)39-25-9-10-25/h7-8,11-13,16-17,19,21,25H,5-6,9-10,14-15,18,20H2,1-4H3,(H,39,42). The number of rotatable bonds is 10. The van der Waals surface area contributed by atoms with E-state index in [0.29, 0.717) is 24.1 Å². The molecule has 3 aliphatic rings. The summed E-state index contributed by atoms with van der Waals surface area (Å²) in [6.45, 7) is 5.50. The van der Waals surface area contributed by atoms with Gasteiger partial charge in [-0.2, -0.15) is 5.10 Å². The normalized spacial score (nSPS) is 19.7. The van der Waals surface area contributed by atoms with Gasteiger partial charge in [0.25, 0.3) is 5.91 Å². The molecule has 0 radical (unpaired) electrons. The second-order valence-corrected chi connectivity index (χ2v) is 11.7. The molecule has 43 heavy (non-hydrogen) atoms. The molecule has 1 N–H and O–H groups in total. The molecule has 2 aromatic carbocycles. The summed E-state index contributed by atoms with van der Waals surface area (Å²) in [5.74, 6) is -2.98. The van der Waals surface area contributed by atoms with E-state index in [0.717, 1.165) is 53.1 Å². The maximum Gasteiger partial charge on any atom is 0.251 e. The van der Waals surface area contributed by atoms with Crippen LogP contribution in [-0.4, -0.2) is 48.0 Å². The van der Waals surface area contributed by atoms with Crippen molar-refractivity contribution in [3.05, 3.63) is 82.3 Å². The Morgan fingerprint density at radius 1 is 1.19 bits per heavy atom. The molecule has 2 heterocycles. The molecular formula is C34H39F3N4O2. The molecule has 0 aromatic heterocycles. The topological polar surface area (TPSA) is 66.3 Å². The number of benzene rings is 2. The summed E-state index contributed by atoms with van der Waals surface area (Å²) < 4.78 is 47.8. The lowest BCUT2D eigenvalue weighted by atomic mass is 9.98. The predicted octanol–water partition coefficient (Wildman–Crippen LogP) is 7.48. The number of nitrogens with one attached hydrogen (secondary N) is 1. The van der Waals surface area contributed by atoms with Crippen molar-refractivity contribution in [1.82, 2.24) is 10.3 Å². The van der Waals surface area contributed by atoms with E-state index in [-0.39, 0.29) is 43.0 Å². The molecule has 5 rings (SSSR count). The second-order valence-electron chi connectivity index (χ2n) is 11.7. The molecule has 1 fully saturated rings. The van der Waals surface area contributed by atoms with Crippen molar-refractivity contribution in [2.45, 2.75) is 77.7 Å². The SMILES string of the molecule is CCC(F)(F)CCN=C1CC(Cc2ccc(OC)c(F)c2)=NN2C1=CCC(C)C=C2c1ccc(C(=O)NC2CC2)c(C)c1. The summed E-state index contributed by atoms with van der Waals surface area (Å²) in [7, 11) is 1.42. The largest absolute Gasteiger partial charge is 0.494 e. The number of hydrogen-bond acceptors (Lipinski definition) is 5. The highest BCUT2D eigenvalue weighted by atomic mass is 19.3. The lowest BCUT2D eigenvalue weighted by Gasteiger charge is -2.31. The van der Waals surface area contributed by atoms with Crippen molar-refractivity contribution in [2.24, 2.45) is 16.0 Å². The monoisotopic (exact) mass is 592 g/mol. The molecule has 1 saturated carbocycles. The van der Waals surface area contributed by atoms with Crippen LogP contribution in [0.15, 0.2) is 64.3 Å². The molecular weight excluding hydrogens is 553 g/mol. The van der Waals surface area contributed by atoms with Crippen molar-refractivity contribution in [3.63, 3.8) is 0 Å². The number of nitrogens with zero attached hydrogens (tertiary/aromatic N) is 3. The Balaban J connectivity index is 1.52. The molecule has 0 saturated heterocycles. The lowest BCUT2D eigenvalue weighted by Crippen LogP contribution is -2.31. The Morgan fingerprint density at radius 2 is 1.98 bits per heavy atom. The summed E-state index contributed by atoms with van der Waals surface area (Å²) in [6.07, 6.45) is 7.13. The quantitative estimate of drug-likeness (QED) is 0.311. The van der Waals surface area contributed by atoms with E-state index in [9.17, 15) is 18.0 Å². The van der Waals surface area contributed by atoms with Crippen LogP contribution in [0.1, 0.15) is 79.4 Å². The Hall–Kier alpha value is -3.88. The van der Waals surface area contributed by atoms with Gasteiger partial charge in [-0.3, -0.25) is 9.79 Å². The van der Waals surface area contributed by atoms with Crippen molar-refractivity contribution < 1.29 is 22.7 Å². The van der Waals surface area contributed by atoms with Crippen LogP contribution >= 0.6 is 0 Å². The summed E-state index contributed by atoms with van der Waals surface area (Å²) in [6, 6.07) is 10.8. The van der Waals surface area contributed by atoms with Crippen molar-refractivity contribution in [1.29, 1.82) is 0 Å². The van der Waals surface area contributed by atoms with Gasteiger partial charge in [0.15, 0.2) is 11.6 Å². The Labute approximate surface area is 251 Å². The highest BCUT2D eigenvalue weighted by Crippen LogP contribution is 2.35. The number of hydrazone groups is 1. The average molecular weight is 593 g/mol. The van der Waals surface area contributed by atoms with E-state index in [1.807, 2.05) is 30.1 Å². The summed E-state index contributed by atoms with van der Waals surface area (Å²) >= 11 is 0. The molecule has 1 unspecified atom stereocenters. The fourth-order valence-corrected chi connectivity index (χ4v) is 5.34. The van der Waals surface area contributed by atoms with E-state index in [4.69, 9.17) is 14.8 Å². The zero-order chi connectivity index (χ0) is 30.7. The number of halogens is 3. The Morgan fingerprint density at radius 3 is 2.65 bits per heavy atom. The third-order valence-electron chi connectivity index (χ3n) is 8.09. The molecule has 1 aliphatic carbocycles. The van der Waals surface area contributed by atoms with Gasteiger partial charge in [0.05, 0.1) is 24.2 Å². The van der Waals surface area contributed by atoms with Gasteiger partial charge in [0.2, 0.25) is 5.92 Å². The Bertz CT molecular complexity index is 1510. The van der Waals surface area contributed by atoms with Gasteiger partial charge < -0.3 is 10.1 Å². The molecule has 228 valence electrons. The number of aliphatic imine (C=N–C) groups is 1. The van der Waals surface area contributed by atoms with Crippen LogP contribution in [0.4, 0.5) is 13.2 Å². The van der Waals surface area contributed by atoms with E-state index in [1.54, 1.807) is 12.1 Å². The smallest absolute Gasteiger partial charge is 0.251 e. The fourth-order valence-electron chi connectivity index (χ4n) is 5.34. The average Bonchev–Trinajstić information content (AvgIpc) is 3.80. The number of methoxy groups -OCH3 is 1. The van der Waals surface area contributed by atoms with Crippen molar-refractivity contribution in [2.75, 3.05) is 13.7 Å². The minimum absolute atomic E-state index is 0.00961. The number of carbonyl (C=O) groups is 1. The first-order valence-corrected chi connectivity index (χ1v) is 15.0. The van der Waals surface area contributed by atoms with Gasteiger partial charge in [0, 0.05) is 55.1 Å². The van der Waals surface area contributed by atoms with Crippen LogP contribution in [0.3, 0.4) is 0 Å². The number of fused-ring (bicyclic) bond motifs is 1. The minimum atomic E-state index is -2.78. The first-order chi connectivity index (χ1) is 20.6. The van der Waals surface area contributed by atoms with Crippen LogP contribution in [-0.2, 0) is 6.42 Å². The molecule has 6 nitrogen and oxygen atoms in total. The highest BCUT2D eigenvalue weighted by molar-refractivity contribution is 6.15. The number of ether oxygens (including phenoxy) is 1. The molecule has 2 aliphatic heterocycles. The molecule has 1 atom stereocenters. The number of hydrogen-bond donors (Lipinski definition) is 1. The highest BCUT2D eigenvalue weighted by Gasteiger charge is 2.31. The number of alkyl halides is 2. The van der Waals surface area contributed by atoms with Crippen molar-refractivity contribution in [3.8, 4) is 5.75 Å². The van der Waals surface area contributed by atoms with Gasteiger partial charge in [-0.15, -0.1) is 0 Å². The Kier molecular flexibility index (Phi) is 9.08. The van der Waals surface area contributed by atoms with Gasteiger partial charge in [0.1, 0.15) is 0 Å². The molecule has 0 spiro atoms. The van der Waals surface area contributed by atoms with Gasteiger partial charge in [-0.25, -0.2) is 18.2 Å². The lowest BCUT2D eigenvalue weighted by molar-refractivity contribution is -0.00865. The van der Waals surface area contributed by atoms with Gasteiger partial charge >= 0.3 is 0 Å². The van der Waals surface area contributed by atoms with Crippen LogP contribution in [0.25, 0.3) is 5.70 Å². The third-order valence-corrected chi connectivity index (χ3v) is 8.09. The van der Waals surface area contributed by atoms with E-state index in [1.165, 1.54) is 20.1 Å². The molecule has 9 heteroatoms. The fraction of sp³-hybridized carbons (Fsp3) is 0.441. The third kappa shape index (κ3) is 7.37. The minimum Gasteiger partial charge on any atom is -0.494 e. The van der Waals surface area contributed by atoms with E-state index in [2.05, 4.69) is 24.4 Å². The summed E-state index contributed by atoms with van der Waals surface area (Å²) in [5, 5.41) is 9.93. The molecule has 2 aromatic rings. The maximum atomic E-state index is 14.5. The van der Waals surface area contributed by atoms with Crippen LogP contribution < -0.4 is 10.1 Å². The van der Waals surface area contributed by atoms with Gasteiger partial charge in [-0.05, 0) is 67.5 Å².